The van der Waals surface area contributed by atoms with Gasteiger partial charge in [0.15, 0.2) is 0 Å². The van der Waals surface area contributed by atoms with Crippen molar-refractivity contribution in [1.82, 2.24) is 14.7 Å². The lowest BCUT2D eigenvalue weighted by Crippen LogP contribution is -2.63. The molecule has 2 aliphatic heterocycles. The summed E-state index contributed by atoms with van der Waals surface area (Å²) in [5, 5.41) is 0. The molecule has 3 rings (SSSR count). The van der Waals surface area contributed by atoms with Crippen LogP contribution >= 0.6 is 0 Å². The van der Waals surface area contributed by atoms with Crippen LogP contribution in [0.25, 0.3) is 0 Å². The normalized spacial score (nSPS) is 24.5. The zero-order valence-corrected chi connectivity index (χ0v) is 13.9. The zero-order valence-electron chi connectivity index (χ0n) is 13.9. The van der Waals surface area contributed by atoms with Gasteiger partial charge in [0, 0.05) is 57.9 Å². The highest BCUT2D eigenvalue weighted by Gasteiger charge is 2.39. The summed E-state index contributed by atoms with van der Waals surface area (Å²) >= 11 is 0. The van der Waals surface area contributed by atoms with Crippen LogP contribution < -0.4 is 5.73 Å². The molecule has 22 heavy (non-hydrogen) atoms. The maximum Gasteiger partial charge on any atom is 0.0357 e. The molecule has 0 unspecified atom stereocenters. The van der Waals surface area contributed by atoms with Gasteiger partial charge in [0.2, 0.25) is 0 Å². The van der Waals surface area contributed by atoms with Crippen LogP contribution in [0.15, 0.2) is 30.3 Å². The van der Waals surface area contributed by atoms with Crippen LogP contribution in [-0.2, 0) is 6.54 Å². The third-order valence-corrected chi connectivity index (χ3v) is 5.59. The van der Waals surface area contributed by atoms with E-state index in [4.69, 9.17) is 5.73 Å². The Morgan fingerprint density at radius 2 is 1.59 bits per heavy atom. The summed E-state index contributed by atoms with van der Waals surface area (Å²) in [7, 11) is 2.22. The van der Waals surface area contributed by atoms with Gasteiger partial charge in [0.1, 0.15) is 0 Å². The molecule has 0 aromatic heterocycles. The highest BCUT2D eigenvalue weighted by atomic mass is 15.3. The Bertz CT molecular complexity index is 445. The lowest BCUT2D eigenvalue weighted by atomic mass is 9.85. The second kappa shape index (κ2) is 7.09. The Hall–Kier alpha value is -0.940. The number of nitrogens with two attached hydrogens (primary N) is 1. The maximum absolute atomic E-state index is 6.23. The largest absolute Gasteiger partial charge is 0.329 e. The van der Waals surface area contributed by atoms with E-state index >= 15 is 0 Å². The third kappa shape index (κ3) is 3.51. The van der Waals surface area contributed by atoms with E-state index in [1.54, 1.807) is 0 Å². The summed E-state index contributed by atoms with van der Waals surface area (Å²) in [5.41, 5.74) is 7.89. The minimum absolute atomic E-state index is 0.244. The minimum Gasteiger partial charge on any atom is -0.329 e. The molecule has 0 atom stereocenters. The lowest BCUT2D eigenvalue weighted by molar-refractivity contribution is -0.00253. The second-order valence-electron chi connectivity index (χ2n) is 6.98. The number of piperazine rings is 1. The van der Waals surface area contributed by atoms with Crippen molar-refractivity contribution < 1.29 is 0 Å². The molecule has 0 bridgehead atoms. The maximum atomic E-state index is 6.23. The molecule has 2 aliphatic rings. The molecule has 1 aromatic rings. The molecule has 0 spiro atoms. The van der Waals surface area contributed by atoms with E-state index in [0.717, 1.165) is 13.1 Å². The third-order valence-electron chi connectivity index (χ3n) is 5.59. The van der Waals surface area contributed by atoms with Crippen LogP contribution in [0.1, 0.15) is 18.4 Å². The van der Waals surface area contributed by atoms with Gasteiger partial charge in [-0.3, -0.25) is 9.80 Å². The number of likely N-dealkylation sites (tertiary alicyclic amines) is 1. The van der Waals surface area contributed by atoms with Gasteiger partial charge in [-0.2, -0.15) is 0 Å². The first-order chi connectivity index (χ1) is 10.7. The molecule has 0 radical (unpaired) electrons. The van der Waals surface area contributed by atoms with Crippen molar-refractivity contribution in [2.45, 2.75) is 24.9 Å². The first-order valence-corrected chi connectivity index (χ1v) is 8.62. The molecule has 2 saturated heterocycles. The van der Waals surface area contributed by atoms with Gasteiger partial charge in [0.25, 0.3) is 0 Å². The van der Waals surface area contributed by atoms with E-state index < -0.39 is 0 Å². The predicted molar refractivity (Wildman–Crippen MR) is 91.8 cm³/mol. The molecule has 0 saturated carbocycles. The van der Waals surface area contributed by atoms with Crippen LogP contribution in [0.5, 0.6) is 0 Å². The fraction of sp³-hybridized carbons (Fsp3) is 0.667. The van der Waals surface area contributed by atoms with E-state index in [2.05, 4.69) is 52.1 Å². The van der Waals surface area contributed by atoms with Gasteiger partial charge < -0.3 is 10.6 Å². The summed E-state index contributed by atoms with van der Waals surface area (Å²) in [4.78, 5) is 7.68. The average Bonchev–Trinajstić information content (AvgIpc) is 2.57. The fourth-order valence-corrected chi connectivity index (χ4v) is 3.90. The molecule has 2 fully saturated rings. The Morgan fingerprint density at radius 3 is 2.18 bits per heavy atom. The summed E-state index contributed by atoms with van der Waals surface area (Å²) in [6, 6.07) is 10.8. The molecular formula is C18H30N4. The standard InChI is InChI=1S/C18H30N4/c1-20-11-13-22(14-12-20)18(16-19)7-9-21(10-8-18)15-17-5-3-2-4-6-17/h2-6H,7-16,19H2,1H3. The quantitative estimate of drug-likeness (QED) is 0.907. The molecule has 0 amide bonds. The van der Waals surface area contributed by atoms with Crippen molar-refractivity contribution in [1.29, 1.82) is 0 Å². The molecule has 2 heterocycles. The Balaban J connectivity index is 1.56. The van der Waals surface area contributed by atoms with Gasteiger partial charge in [-0.1, -0.05) is 30.3 Å². The highest BCUT2D eigenvalue weighted by Crippen LogP contribution is 2.29. The van der Waals surface area contributed by atoms with Gasteiger partial charge in [-0.25, -0.2) is 0 Å². The predicted octanol–water partition coefficient (Wildman–Crippen LogP) is 1.23. The van der Waals surface area contributed by atoms with Crippen LogP contribution in [-0.4, -0.2) is 73.1 Å². The van der Waals surface area contributed by atoms with Crippen LogP contribution in [0.3, 0.4) is 0 Å². The number of piperidine rings is 1. The highest BCUT2D eigenvalue weighted by molar-refractivity contribution is 5.14. The van der Waals surface area contributed by atoms with Crippen molar-refractivity contribution in [2.24, 2.45) is 5.73 Å². The average molecular weight is 302 g/mol. The van der Waals surface area contributed by atoms with Crippen LogP contribution in [0.4, 0.5) is 0 Å². The number of likely N-dealkylation sites (N-methyl/N-ethyl adjacent to an activating group) is 1. The number of hydrogen-bond donors (Lipinski definition) is 1. The molecule has 122 valence electrons. The summed E-state index contributed by atoms with van der Waals surface area (Å²) in [6.07, 6.45) is 2.42. The van der Waals surface area contributed by atoms with E-state index in [9.17, 15) is 0 Å². The first kappa shape index (κ1) is 15.9. The number of rotatable bonds is 4. The Kier molecular flexibility index (Phi) is 5.14. The van der Waals surface area contributed by atoms with Gasteiger partial charge in [-0.05, 0) is 25.5 Å². The van der Waals surface area contributed by atoms with Crippen molar-refractivity contribution in [2.75, 3.05) is 52.9 Å². The van der Waals surface area contributed by atoms with Crippen molar-refractivity contribution in [3.63, 3.8) is 0 Å². The monoisotopic (exact) mass is 302 g/mol. The molecule has 4 heteroatoms. The summed E-state index contributed by atoms with van der Waals surface area (Å²) < 4.78 is 0. The smallest absolute Gasteiger partial charge is 0.0357 e. The summed E-state index contributed by atoms with van der Waals surface area (Å²) in [5.74, 6) is 0. The molecular weight excluding hydrogens is 272 g/mol. The lowest BCUT2D eigenvalue weighted by Gasteiger charge is -2.51. The van der Waals surface area contributed by atoms with Crippen molar-refractivity contribution in [3.05, 3.63) is 35.9 Å². The fourth-order valence-electron chi connectivity index (χ4n) is 3.90. The summed E-state index contributed by atoms with van der Waals surface area (Å²) in [6.45, 7) is 8.90. The minimum atomic E-state index is 0.244. The van der Waals surface area contributed by atoms with Gasteiger partial charge in [-0.15, -0.1) is 0 Å². The SMILES string of the molecule is CN1CCN(C2(CN)CCN(Cc3ccccc3)CC2)CC1. The van der Waals surface area contributed by atoms with Gasteiger partial charge >= 0.3 is 0 Å². The van der Waals surface area contributed by atoms with Crippen molar-refractivity contribution >= 4 is 0 Å². The first-order valence-electron chi connectivity index (χ1n) is 8.62. The number of hydrogen-bond acceptors (Lipinski definition) is 4. The topological polar surface area (TPSA) is 35.7 Å². The molecule has 1 aromatic carbocycles. The number of benzene rings is 1. The van der Waals surface area contributed by atoms with E-state index in [-0.39, 0.29) is 5.54 Å². The van der Waals surface area contributed by atoms with Crippen LogP contribution in [0, 0.1) is 0 Å². The molecule has 4 nitrogen and oxygen atoms in total. The van der Waals surface area contributed by atoms with E-state index in [1.165, 1.54) is 57.7 Å². The Morgan fingerprint density at radius 1 is 0.955 bits per heavy atom. The van der Waals surface area contributed by atoms with Gasteiger partial charge in [0.05, 0.1) is 0 Å². The molecule has 0 aliphatic carbocycles. The Labute approximate surface area is 134 Å². The molecule has 2 N–H and O–H groups in total. The van der Waals surface area contributed by atoms with E-state index in [1.807, 2.05) is 0 Å². The second-order valence-corrected chi connectivity index (χ2v) is 6.98. The number of nitrogens with zero attached hydrogens (tertiary/aromatic N) is 3. The van der Waals surface area contributed by atoms with Crippen LogP contribution in [0.2, 0.25) is 0 Å². The van der Waals surface area contributed by atoms with E-state index in [0.29, 0.717) is 0 Å². The zero-order chi connectivity index (χ0) is 15.4. The van der Waals surface area contributed by atoms with Crippen molar-refractivity contribution in [3.8, 4) is 0 Å².